The Hall–Kier alpha value is -1.74. The van der Waals surface area contributed by atoms with E-state index in [1.54, 1.807) is 6.26 Å². The van der Waals surface area contributed by atoms with Crippen molar-refractivity contribution in [3.05, 3.63) is 53.5 Å². The number of benzene rings is 1. The van der Waals surface area contributed by atoms with Gasteiger partial charge in [0.25, 0.3) is 0 Å². The second kappa shape index (κ2) is 4.26. The number of hydrogen-bond acceptors (Lipinski definition) is 3. The molecule has 0 amide bonds. The van der Waals surface area contributed by atoms with Crippen molar-refractivity contribution in [3.63, 3.8) is 0 Å². The fourth-order valence-electron chi connectivity index (χ4n) is 2.15. The van der Waals surface area contributed by atoms with Crippen molar-refractivity contribution in [3.8, 4) is 5.75 Å². The van der Waals surface area contributed by atoms with E-state index in [-0.39, 0.29) is 0 Å². The summed E-state index contributed by atoms with van der Waals surface area (Å²) in [5, 5.41) is 10.1. The lowest BCUT2D eigenvalue weighted by molar-refractivity contribution is 0.170. The van der Waals surface area contributed by atoms with E-state index in [9.17, 15) is 5.11 Å². The maximum atomic E-state index is 10.1. The molecule has 0 fully saturated rings. The first-order chi connectivity index (χ1) is 8.33. The van der Waals surface area contributed by atoms with Crippen LogP contribution in [0, 0.1) is 0 Å². The van der Waals surface area contributed by atoms with E-state index >= 15 is 0 Å². The highest BCUT2D eigenvalue weighted by molar-refractivity contribution is 5.40. The van der Waals surface area contributed by atoms with Crippen molar-refractivity contribution in [2.24, 2.45) is 0 Å². The molecule has 1 aliphatic rings. The maximum absolute atomic E-state index is 10.1. The van der Waals surface area contributed by atoms with E-state index < -0.39 is 6.10 Å². The number of ether oxygens (including phenoxy) is 1. The largest absolute Gasteiger partial charge is 0.493 e. The molecule has 1 unspecified atom stereocenters. The van der Waals surface area contributed by atoms with Crippen LogP contribution in [0.15, 0.2) is 41.0 Å². The number of aliphatic hydroxyl groups is 1. The van der Waals surface area contributed by atoms with Crippen LogP contribution in [0.5, 0.6) is 5.75 Å². The Kier molecular flexibility index (Phi) is 2.61. The van der Waals surface area contributed by atoms with Gasteiger partial charge in [-0.05, 0) is 35.4 Å². The monoisotopic (exact) mass is 230 g/mol. The van der Waals surface area contributed by atoms with Gasteiger partial charge >= 0.3 is 0 Å². The number of fused-ring (bicyclic) bond motifs is 1. The van der Waals surface area contributed by atoms with Crippen molar-refractivity contribution < 1.29 is 14.3 Å². The Balaban J connectivity index is 1.79. The molecule has 1 atom stereocenters. The molecule has 88 valence electrons. The van der Waals surface area contributed by atoms with Crippen LogP contribution in [0.3, 0.4) is 0 Å². The molecule has 3 heteroatoms. The Bertz CT molecular complexity index is 502. The topological polar surface area (TPSA) is 42.6 Å². The van der Waals surface area contributed by atoms with Gasteiger partial charge in [0.15, 0.2) is 0 Å². The molecule has 3 nitrogen and oxygen atoms in total. The van der Waals surface area contributed by atoms with Crippen molar-refractivity contribution in [1.82, 2.24) is 0 Å². The Morgan fingerprint density at radius 3 is 3.06 bits per heavy atom. The van der Waals surface area contributed by atoms with E-state index in [1.807, 2.05) is 30.3 Å². The molecule has 3 rings (SSSR count). The highest BCUT2D eigenvalue weighted by Gasteiger charge is 2.16. The van der Waals surface area contributed by atoms with Gasteiger partial charge in [0.2, 0.25) is 0 Å². The Labute approximate surface area is 99.6 Å². The van der Waals surface area contributed by atoms with Gasteiger partial charge in [0.05, 0.1) is 19.0 Å². The van der Waals surface area contributed by atoms with Crippen LogP contribution < -0.4 is 4.74 Å². The molecular formula is C14H14O3. The Morgan fingerprint density at radius 2 is 2.24 bits per heavy atom. The summed E-state index contributed by atoms with van der Waals surface area (Å²) in [4.78, 5) is 0. The summed E-state index contributed by atoms with van der Waals surface area (Å²) in [6.45, 7) is 0.743. The van der Waals surface area contributed by atoms with E-state index in [2.05, 4.69) is 0 Å². The summed E-state index contributed by atoms with van der Waals surface area (Å²) < 4.78 is 10.7. The molecule has 2 heterocycles. The third-order valence-corrected chi connectivity index (χ3v) is 3.07. The molecular weight excluding hydrogens is 216 g/mol. The molecule has 17 heavy (non-hydrogen) atoms. The molecule has 1 aliphatic heterocycles. The second-order valence-electron chi connectivity index (χ2n) is 4.26. The van der Waals surface area contributed by atoms with Crippen LogP contribution in [-0.4, -0.2) is 11.7 Å². The van der Waals surface area contributed by atoms with E-state index in [0.29, 0.717) is 6.42 Å². The average Bonchev–Trinajstić information content (AvgIpc) is 2.97. The zero-order valence-electron chi connectivity index (χ0n) is 9.43. The quantitative estimate of drug-likeness (QED) is 0.880. The van der Waals surface area contributed by atoms with Crippen LogP contribution >= 0.6 is 0 Å². The minimum atomic E-state index is -0.521. The SMILES string of the molecule is OC(Cc1ccco1)c1ccc2c(c1)CCO2. The number of aliphatic hydroxyl groups excluding tert-OH is 1. The van der Waals surface area contributed by atoms with Crippen molar-refractivity contribution >= 4 is 0 Å². The lowest BCUT2D eigenvalue weighted by Gasteiger charge is -2.10. The van der Waals surface area contributed by atoms with E-state index in [1.165, 1.54) is 5.56 Å². The number of hydrogen-bond donors (Lipinski definition) is 1. The molecule has 0 radical (unpaired) electrons. The fraction of sp³-hybridized carbons (Fsp3) is 0.286. The summed E-state index contributed by atoms with van der Waals surface area (Å²) in [7, 11) is 0. The average molecular weight is 230 g/mol. The molecule has 0 spiro atoms. The summed E-state index contributed by atoms with van der Waals surface area (Å²) in [5.74, 6) is 1.74. The van der Waals surface area contributed by atoms with Gasteiger partial charge in [-0.15, -0.1) is 0 Å². The predicted molar refractivity (Wildman–Crippen MR) is 63.0 cm³/mol. The lowest BCUT2D eigenvalue weighted by atomic mass is 10.0. The van der Waals surface area contributed by atoms with E-state index in [0.717, 1.165) is 30.1 Å². The normalized spacial score (nSPS) is 15.4. The molecule has 1 aromatic carbocycles. The highest BCUT2D eigenvalue weighted by atomic mass is 16.5. The van der Waals surface area contributed by atoms with Crippen LogP contribution in [0.2, 0.25) is 0 Å². The molecule has 0 saturated carbocycles. The van der Waals surface area contributed by atoms with Gasteiger partial charge in [0, 0.05) is 12.8 Å². The molecule has 2 aromatic rings. The summed E-state index contributed by atoms with van der Waals surface area (Å²) in [5.41, 5.74) is 2.10. The van der Waals surface area contributed by atoms with Crippen molar-refractivity contribution in [2.45, 2.75) is 18.9 Å². The minimum Gasteiger partial charge on any atom is -0.493 e. The summed E-state index contributed by atoms with van der Waals surface area (Å²) in [6, 6.07) is 9.58. The van der Waals surface area contributed by atoms with Crippen LogP contribution in [0.25, 0.3) is 0 Å². The predicted octanol–water partition coefficient (Wildman–Crippen LogP) is 2.49. The van der Waals surface area contributed by atoms with Gasteiger partial charge in [0.1, 0.15) is 11.5 Å². The van der Waals surface area contributed by atoms with Crippen molar-refractivity contribution in [1.29, 1.82) is 0 Å². The maximum Gasteiger partial charge on any atom is 0.122 e. The summed E-state index contributed by atoms with van der Waals surface area (Å²) in [6.07, 6.45) is 2.54. The first-order valence-corrected chi connectivity index (χ1v) is 5.79. The minimum absolute atomic E-state index is 0.507. The highest BCUT2D eigenvalue weighted by Crippen LogP contribution is 2.29. The smallest absolute Gasteiger partial charge is 0.122 e. The third kappa shape index (κ3) is 2.06. The first kappa shape index (κ1) is 10.4. The van der Waals surface area contributed by atoms with E-state index in [4.69, 9.17) is 9.15 Å². The molecule has 1 aromatic heterocycles. The lowest BCUT2D eigenvalue weighted by Crippen LogP contribution is -2.01. The van der Waals surface area contributed by atoms with Gasteiger partial charge in [-0.1, -0.05) is 6.07 Å². The Morgan fingerprint density at radius 1 is 1.29 bits per heavy atom. The van der Waals surface area contributed by atoms with Crippen LogP contribution in [0.4, 0.5) is 0 Å². The second-order valence-corrected chi connectivity index (χ2v) is 4.26. The van der Waals surface area contributed by atoms with Gasteiger partial charge in [-0.25, -0.2) is 0 Å². The number of furan rings is 1. The zero-order valence-corrected chi connectivity index (χ0v) is 9.43. The van der Waals surface area contributed by atoms with Gasteiger partial charge in [-0.3, -0.25) is 0 Å². The zero-order chi connectivity index (χ0) is 11.7. The number of rotatable bonds is 3. The van der Waals surface area contributed by atoms with Crippen LogP contribution in [0.1, 0.15) is 23.0 Å². The van der Waals surface area contributed by atoms with Crippen LogP contribution in [-0.2, 0) is 12.8 Å². The molecule has 0 saturated heterocycles. The third-order valence-electron chi connectivity index (χ3n) is 3.07. The summed E-state index contributed by atoms with van der Waals surface area (Å²) >= 11 is 0. The molecule has 1 N–H and O–H groups in total. The first-order valence-electron chi connectivity index (χ1n) is 5.79. The fourth-order valence-corrected chi connectivity index (χ4v) is 2.15. The standard InChI is InChI=1S/C14H14O3/c15-13(9-12-2-1-6-16-12)10-3-4-14-11(8-10)5-7-17-14/h1-4,6,8,13,15H,5,7,9H2. The molecule has 0 bridgehead atoms. The molecule has 0 aliphatic carbocycles. The van der Waals surface area contributed by atoms with Gasteiger partial charge in [-0.2, -0.15) is 0 Å². The van der Waals surface area contributed by atoms with Gasteiger partial charge < -0.3 is 14.3 Å². The van der Waals surface area contributed by atoms with Crippen molar-refractivity contribution in [2.75, 3.05) is 6.61 Å².